The molecule has 0 spiro atoms. The van der Waals surface area contributed by atoms with Crippen LogP contribution >= 0.6 is 0 Å². The van der Waals surface area contributed by atoms with Crippen molar-refractivity contribution in [1.29, 1.82) is 0 Å². The Morgan fingerprint density at radius 1 is 1.31 bits per heavy atom. The zero-order chi connectivity index (χ0) is 11.8. The fraction of sp³-hybridized carbons (Fsp3) is 0.500. The summed E-state index contributed by atoms with van der Waals surface area (Å²) in [5.41, 5.74) is 0.774. The molecule has 0 aromatic heterocycles. The number of rotatable bonds is 2. The van der Waals surface area contributed by atoms with Gasteiger partial charge >= 0.3 is 0 Å². The second-order valence-corrected chi connectivity index (χ2v) is 5.16. The Kier molecular flexibility index (Phi) is 2.85. The molecule has 1 saturated carbocycles. The molecule has 2 heteroatoms. The summed E-state index contributed by atoms with van der Waals surface area (Å²) < 4.78 is 0. The van der Waals surface area contributed by atoms with Gasteiger partial charge in [-0.25, -0.2) is 0 Å². The van der Waals surface area contributed by atoms with Crippen LogP contribution in [0.15, 0.2) is 30.3 Å². The summed E-state index contributed by atoms with van der Waals surface area (Å²) in [7, 11) is 0. The average molecular weight is 218 g/mol. The van der Waals surface area contributed by atoms with Gasteiger partial charge in [0.05, 0.1) is 0 Å². The summed E-state index contributed by atoms with van der Waals surface area (Å²) in [6.07, 6.45) is 0.558. The van der Waals surface area contributed by atoms with Gasteiger partial charge in [0.2, 0.25) is 0 Å². The zero-order valence-corrected chi connectivity index (χ0v) is 9.81. The highest BCUT2D eigenvalue weighted by Crippen LogP contribution is 2.48. The minimum atomic E-state index is -0.394. The van der Waals surface area contributed by atoms with Crippen molar-refractivity contribution in [1.82, 2.24) is 0 Å². The van der Waals surface area contributed by atoms with E-state index in [1.807, 2.05) is 44.2 Å². The molecule has 1 aliphatic rings. The summed E-state index contributed by atoms with van der Waals surface area (Å²) in [5, 5.41) is 9.50. The quantitative estimate of drug-likeness (QED) is 0.827. The van der Waals surface area contributed by atoms with Gasteiger partial charge in [-0.15, -0.1) is 0 Å². The Morgan fingerprint density at radius 2 is 1.94 bits per heavy atom. The number of hydrogen-bond acceptors (Lipinski definition) is 2. The van der Waals surface area contributed by atoms with E-state index in [9.17, 15) is 9.90 Å². The predicted octanol–water partition coefficient (Wildman–Crippen LogP) is 2.38. The molecule has 0 aliphatic heterocycles. The van der Waals surface area contributed by atoms with Gasteiger partial charge in [-0.1, -0.05) is 44.2 Å². The maximum atomic E-state index is 11.9. The number of aliphatic hydroxyl groups is 1. The first-order chi connectivity index (χ1) is 7.57. The summed E-state index contributed by atoms with van der Waals surface area (Å²) in [6, 6.07) is 10.0. The molecule has 1 aromatic carbocycles. The van der Waals surface area contributed by atoms with Crippen LogP contribution in [0, 0.1) is 11.3 Å². The SMILES string of the molecule is CC1(C)C(=O)C[C@H](c2ccccc2)[C@H]1CO. The lowest BCUT2D eigenvalue weighted by Gasteiger charge is -2.27. The largest absolute Gasteiger partial charge is 0.396 e. The molecule has 0 heterocycles. The van der Waals surface area contributed by atoms with Crippen molar-refractivity contribution in [2.75, 3.05) is 6.61 Å². The first-order valence-corrected chi connectivity index (χ1v) is 5.76. The van der Waals surface area contributed by atoms with E-state index in [0.29, 0.717) is 6.42 Å². The summed E-state index contributed by atoms with van der Waals surface area (Å²) >= 11 is 0. The van der Waals surface area contributed by atoms with Crippen LogP contribution in [-0.2, 0) is 4.79 Å². The minimum absolute atomic E-state index is 0.0439. The summed E-state index contributed by atoms with van der Waals surface area (Å²) in [5.74, 6) is 0.483. The van der Waals surface area contributed by atoms with Crippen molar-refractivity contribution in [2.24, 2.45) is 11.3 Å². The van der Waals surface area contributed by atoms with Gasteiger partial charge in [0.15, 0.2) is 0 Å². The Morgan fingerprint density at radius 3 is 2.50 bits per heavy atom. The molecule has 1 aliphatic carbocycles. The molecule has 1 fully saturated rings. The molecule has 86 valence electrons. The molecule has 16 heavy (non-hydrogen) atoms. The molecule has 2 nitrogen and oxygen atoms in total. The van der Waals surface area contributed by atoms with Gasteiger partial charge in [-0.2, -0.15) is 0 Å². The second kappa shape index (κ2) is 4.02. The summed E-state index contributed by atoms with van der Waals surface area (Å²) in [4.78, 5) is 11.9. The molecular weight excluding hydrogens is 200 g/mol. The van der Waals surface area contributed by atoms with Crippen molar-refractivity contribution in [3.63, 3.8) is 0 Å². The number of Topliss-reactive ketones (excluding diaryl/α,β-unsaturated/α-hetero) is 1. The standard InChI is InChI=1S/C14H18O2/c1-14(2)12(9-15)11(8-13(14)16)10-6-4-3-5-7-10/h3-7,11-12,15H,8-9H2,1-2H3/t11-,12-/m1/s1. The average Bonchev–Trinajstić information content (AvgIpc) is 2.51. The van der Waals surface area contributed by atoms with Crippen LogP contribution in [0.2, 0.25) is 0 Å². The molecule has 2 atom stereocenters. The van der Waals surface area contributed by atoms with E-state index in [-0.39, 0.29) is 24.2 Å². The first-order valence-electron chi connectivity index (χ1n) is 5.76. The van der Waals surface area contributed by atoms with E-state index in [1.54, 1.807) is 0 Å². The third kappa shape index (κ3) is 1.67. The molecular formula is C14H18O2. The lowest BCUT2D eigenvalue weighted by molar-refractivity contribution is -0.125. The maximum Gasteiger partial charge on any atom is 0.139 e. The maximum absolute atomic E-state index is 11.9. The highest BCUT2D eigenvalue weighted by atomic mass is 16.3. The number of carbonyl (C=O) groups excluding carboxylic acids is 1. The second-order valence-electron chi connectivity index (χ2n) is 5.16. The molecule has 0 unspecified atom stereocenters. The van der Waals surface area contributed by atoms with Crippen LogP contribution in [-0.4, -0.2) is 17.5 Å². The van der Waals surface area contributed by atoms with Crippen molar-refractivity contribution < 1.29 is 9.90 Å². The van der Waals surface area contributed by atoms with Crippen molar-refractivity contribution in [3.8, 4) is 0 Å². The fourth-order valence-corrected chi connectivity index (χ4v) is 2.72. The van der Waals surface area contributed by atoms with Crippen molar-refractivity contribution >= 4 is 5.78 Å². The van der Waals surface area contributed by atoms with Crippen LogP contribution in [0.5, 0.6) is 0 Å². The van der Waals surface area contributed by atoms with Crippen LogP contribution in [0.1, 0.15) is 31.7 Å². The zero-order valence-electron chi connectivity index (χ0n) is 9.81. The molecule has 1 aromatic rings. The lowest BCUT2D eigenvalue weighted by atomic mass is 9.77. The third-order valence-electron chi connectivity index (χ3n) is 3.96. The number of hydrogen-bond donors (Lipinski definition) is 1. The molecule has 0 saturated heterocycles. The van der Waals surface area contributed by atoms with Gasteiger partial charge in [0.1, 0.15) is 5.78 Å². The van der Waals surface area contributed by atoms with E-state index in [2.05, 4.69) is 0 Å². The fourth-order valence-electron chi connectivity index (χ4n) is 2.72. The molecule has 0 radical (unpaired) electrons. The monoisotopic (exact) mass is 218 g/mol. The Balaban J connectivity index is 2.34. The van der Waals surface area contributed by atoms with Gasteiger partial charge in [-0.3, -0.25) is 4.79 Å². The molecule has 1 N–H and O–H groups in total. The topological polar surface area (TPSA) is 37.3 Å². The van der Waals surface area contributed by atoms with E-state index in [4.69, 9.17) is 0 Å². The van der Waals surface area contributed by atoms with Gasteiger partial charge < -0.3 is 5.11 Å². The third-order valence-corrected chi connectivity index (χ3v) is 3.96. The normalized spacial score (nSPS) is 28.3. The predicted molar refractivity (Wildman–Crippen MR) is 63.2 cm³/mol. The molecule has 2 rings (SSSR count). The van der Waals surface area contributed by atoms with E-state index in [1.165, 1.54) is 5.56 Å². The Labute approximate surface area is 96.3 Å². The van der Waals surface area contributed by atoms with Crippen LogP contribution in [0.3, 0.4) is 0 Å². The van der Waals surface area contributed by atoms with Gasteiger partial charge in [-0.05, 0) is 11.5 Å². The molecule has 0 amide bonds. The number of benzene rings is 1. The van der Waals surface area contributed by atoms with Crippen molar-refractivity contribution in [3.05, 3.63) is 35.9 Å². The summed E-state index contributed by atoms with van der Waals surface area (Å²) in [6.45, 7) is 3.97. The van der Waals surface area contributed by atoms with E-state index in [0.717, 1.165) is 0 Å². The highest BCUT2D eigenvalue weighted by Gasteiger charge is 2.48. The van der Waals surface area contributed by atoms with Crippen LogP contribution in [0.4, 0.5) is 0 Å². The van der Waals surface area contributed by atoms with Gasteiger partial charge in [0, 0.05) is 24.4 Å². The van der Waals surface area contributed by atoms with Crippen LogP contribution < -0.4 is 0 Å². The smallest absolute Gasteiger partial charge is 0.139 e. The Hall–Kier alpha value is -1.15. The number of ketones is 1. The van der Waals surface area contributed by atoms with E-state index >= 15 is 0 Å². The first kappa shape index (κ1) is 11.3. The van der Waals surface area contributed by atoms with Crippen molar-refractivity contribution in [2.45, 2.75) is 26.2 Å². The number of aliphatic hydroxyl groups excluding tert-OH is 1. The van der Waals surface area contributed by atoms with Gasteiger partial charge in [0.25, 0.3) is 0 Å². The minimum Gasteiger partial charge on any atom is -0.396 e. The highest BCUT2D eigenvalue weighted by molar-refractivity contribution is 5.88. The van der Waals surface area contributed by atoms with Crippen LogP contribution in [0.25, 0.3) is 0 Å². The molecule has 0 bridgehead atoms. The Bertz CT molecular complexity index is 381. The lowest BCUT2D eigenvalue weighted by Crippen LogP contribution is -2.29. The number of carbonyl (C=O) groups is 1. The van der Waals surface area contributed by atoms with E-state index < -0.39 is 5.41 Å².